The van der Waals surface area contributed by atoms with Gasteiger partial charge in [-0.05, 0) is 72.3 Å². The largest absolute Gasteiger partial charge is 0.331 e. The number of aryl methyl sites for hydroxylation is 4. The standard InChI is InChI=1S/C23H23N2/c1-14-10-15(2)16(3)21(11-14)23-24-22-17(4)20-9-7-6-8-18(20)12-19(22)13-25(23)5/h6-13H,1-5H3/q+1. The molecule has 0 N–H and O–H groups in total. The van der Waals surface area contributed by atoms with Crippen LogP contribution in [0.5, 0.6) is 0 Å². The second-order valence-corrected chi connectivity index (χ2v) is 7.09. The molecule has 3 aromatic carbocycles. The summed E-state index contributed by atoms with van der Waals surface area (Å²) in [7, 11) is 2.09. The van der Waals surface area contributed by atoms with Crippen molar-refractivity contribution in [2.45, 2.75) is 27.7 Å². The van der Waals surface area contributed by atoms with Crippen LogP contribution in [0.25, 0.3) is 33.1 Å². The van der Waals surface area contributed by atoms with Gasteiger partial charge in [-0.15, -0.1) is 0 Å². The molecule has 4 aromatic rings. The molecule has 0 saturated carbocycles. The van der Waals surface area contributed by atoms with Crippen molar-refractivity contribution in [2.75, 3.05) is 0 Å². The average molecular weight is 327 g/mol. The van der Waals surface area contributed by atoms with Crippen LogP contribution in [0.3, 0.4) is 0 Å². The molecule has 0 bridgehead atoms. The summed E-state index contributed by atoms with van der Waals surface area (Å²) < 4.78 is 2.15. The molecule has 25 heavy (non-hydrogen) atoms. The summed E-state index contributed by atoms with van der Waals surface area (Å²) in [5.41, 5.74) is 7.44. The van der Waals surface area contributed by atoms with E-state index < -0.39 is 0 Å². The van der Waals surface area contributed by atoms with Crippen molar-refractivity contribution in [3.05, 3.63) is 70.9 Å². The second-order valence-electron chi connectivity index (χ2n) is 7.09. The Morgan fingerprint density at radius 3 is 2.40 bits per heavy atom. The van der Waals surface area contributed by atoms with Gasteiger partial charge in [-0.3, -0.25) is 0 Å². The fraction of sp³-hybridized carbons (Fsp3) is 0.217. The van der Waals surface area contributed by atoms with Crippen molar-refractivity contribution >= 4 is 21.7 Å². The summed E-state index contributed by atoms with van der Waals surface area (Å²) in [5, 5.41) is 3.73. The molecule has 2 nitrogen and oxygen atoms in total. The normalized spacial score (nSPS) is 11.4. The Kier molecular flexibility index (Phi) is 3.57. The first-order valence-electron chi connectivity index (χ1n) is 8.72. The number of aromatic nitrogens is 2. The van der Waals surface area contributed by atoms with Crippen LogP contribution in [0.4, 0.5) is 0 Å². The molecule has 0 spiro atoms. The fourth-order valence-electron chi connectivity index (χ4n) is 3.77. The number of hydrogen-bond donors (Lipinski definition) is 0. The van der Waals surface area contributed by atoms with Crippen LogP contribution in [-0.2, 0) is 7.05 Å². The molecule has 4 rings (SSSR count). The van der Waals surface area contributed by atoms with Gasteiger partial charge in [-0.25, -0.2) is 4.57 Å². The molecule has 0 unspecified atom stereocenters. The Morgan fingerprint density at radius 2 is 1.60 bits per heavy atom. The van der Waals surface area contributed by atoms with Gasteiger partial charge in [0.15, 0.2) is 5.52 Å². The van der Waals surface area contributed by atoms with Gasteiger partial charge in [-0.2, -0.15) is 0 Å². The number of fused-ring (bicyclic) bond motifs is 2. The van der Waals surface area contributed by atoms with E-state index in [4.69, 9.17) is 4.98 Å². The molecule has 1 heterocycles. The molecular formula is C23H23N2+. The van der Waals surface area contributed by atoms with Crippen LogP contribution in [0.1, 0.15) is 22.3 Å². The summed E-state index contributed by atoms with van der Waals surface area (Å²) in [5.74, 6) is 1.02. The smallest absolute Gasteiger partial charge is 0.232 e. The lowest BCUT2D eigenvalue weighted by Crippen LogP contribution is -2.32. The van der Waals surface area contributed by atoms with Gasteiger partial charge in [0.2, 0.25) is 0 Å². The Hall–Kier alpha value is -2.74. The Labute approximate surface area is 148 Å². The highest BCUT2D eigenvalue weighted by atomic mass is 15.0. The summed E-state index contributed by atoms with van der Waals surface area (Å²) in [6, 6.07) is 15.3. The van der Waals surface area contributed by atoms with Crippen molar-refractivity contribution in [1.29, 1.82) is 0 Å². The van der Waals surface area contributed by atoms with E-state index in [1.807, 2.05) is 0 Å². The zero-order chi connectivity index (χ0) is 17.7. The molecule has 0 aliphatic rings. The van der Waals surface area contributed by atoms with E-state index in [9.17, 15) is 0 Å². The van der Waals surface area contributed by atoms with Gasteiger partial charge in [0, 0.05) is 5.56 Å². The molecule has 0 radical (unpaired) electrons. The monoisotopic (exact) mass is 327 g/mol. The first-order chi connectivity index (χ1) is 12.0. The van der Waals surface area contributed by atoms with E-state index in [0.717, 1.165) is 11.3 Å². The first kappa shape index (κ1) is 15.8. The first-order valence-corrected chi connectivity index (χ1v) is 8.72. The van der Waals surface area contributed by atoms with Crippen LogP contribution in [-0.4, -0.2) is 4.98 Å². The molecule has 0 amide bonds. The molecule has 0 aliphatic heterocycles. The minimum atomic E-state index is 1.02. The summed E-state index contributed by atoms with van der Waals surface area (Å²) >= 11 is 0. The summed E-state index contributed by atoms with van der Waals surface area (Å²) in [6.45, 7) is 8.68. The molecule has 2 heteroatoms. The van der Waals surface area contributed by atoms with E-state index in [1.165, 1.54) is 44.0 Å². The average Bonchev–Trinajstić information content (AvgIpc) is 2.58. The van der Waals surface area contributed by atoms with Crippen LogP contribution in [0.15, 0.2) is 48.7 Å². The lowest BCUT2D eigenvalue weighted by molar-refractivity contribution is -0.661. The Balaban J connectivity index is 2.08. The van der Waals surface area contributed by atoms with Gasteiger partial charge in [0.1, 0.15) is 6.20 Å². The predicted octanol–water partition coefficient (Wildman–Crippen LogP) is 5.11. The Morgan fingerprint density at radius 1 is 0.840 bits per heavy atom. The van der Waals surface area contributed by atoms with Crippen molar-refractivity contribution in [1.82, 2.24) is 4.98 Å². The van der Waals surface area contributed by atoms with Gasteiger partial charge in [-0.1, -0.05) is 30.3 Å². The third-order valence-corrected chi connectivity index (χ3v) is 5.24. The second kappa shape index (κ2) is 5.66. The maximum atomic E-state index is 5.10. The third-order valence-electron chi connectivity index (χ3n) is 5.24. The zero-order valence-electron chi connectivity index (χ0n) is 15.5. The molecule has 0 aliphatic carbocycles. The highest BCUT2D eigenvalue weighted by molar-refractivity contribution is 6.00. The lowest BCUT2D eigenvalue weighted by atomic mass is 9.98. The van der Waals surface area contributed by atoms with Crippen LogP contribution in [0, 0.1) is 27.7 Å². The molecule has 0 atom stereocenters. The molecule has 0 saturated heterocycles. The van der Waals surface area contributed by atoms with E-state index >= 15 is 0 Å². The van der Waals surface area contributed by atoms with Crippen LogP contribution >= 0.6 is 0 Å². The maximum Gasteiger partial charge on any atom is 0.331 e. The Bertz CT molecular complexity index is 1140. The summed E-state index contributed by atoms with van der Waals surface area (Å²) in [6.07, 6.45) is 2.20. The SMILES string of the molecule is Cc1cc(C)c(C)c(-c2nc3c(C)c4ccccc4cc3c[n+]2C)c1. The molecular weight excluding hydrogens is 304 g/mol. The minimum absolute atomic E-state index is 1.02. The van der Waals surface area contributed by atoms with E-state index in [1.54, 1.807) is 0 Å². The third kappa shape index (κ3) is 2.49. The summed E-state index contributed by atoms with van der Waals surface area (Å²) in [4.78, 5) is 5.10. The van der Waals surface area contributed by atoms with Gasteiger partial charge >= 0.3 is 5.82 Å². The maximum absolute atomic E-state index is 5.10. The molecule has 1 aromatic heterocycles. The molecule has 0 fully saturated rings. The van der Waals surface area contributed by atoms with Crippen molar-refractivity contribution < 1.29 is 4.57 Å². The highest BCUT2D eigenvalue weighted by Crippen LogP contribution is 2.29. The number of hydrogen-bond acceptors (Lipinski definition) is 1. The quantitative estimate of drug-likeness (QED) is 0.350. The van der Waals surface area contributed by atoms with Gasteiger partial charge < -0.3 is 0 Å². The molecule has 124 valence electrons. The predicted molar refractivity (Wildman–Crippen MR) is 105 cm³/mol. The number of rotatable bonds is 1. The minimum Gasteiger partial charge on any atom is -0.232 e. The van der Waals surface area contributed by atoms with Crippen LogP contribution in [0.2, 0.25) is 0 Å². The van der Waals surface area contributed by atoms with Gasteiger partial charge in [0.25, 0.3) is 0 Å². The highest BCUT2D eigenvalue weighted by Gasteiger charge is 2.20. The number of benzene rings is 3. The van der Waals surface area contributed by atoms with Gasteiger partial charge in [0.05, 0.1) is 18.0 Å². The zero-order valence-corrected chi connectivity index (χ0v) is 15.5. The van der Waals surface area contributed by atoms with E-state index in [-0.39, 0.29) is 0 Å². The topological polar surface area (TPSA) is 16.8 Å². The van der Waals surface area contributed by atoms with E-state index in [2.05, 4.69) is 88.0 Å². The van der Waals surface area contributed by atoms with Crippen molar-refractivity contribution in [3.63, 3.8) is 0 Å². The number of nitrogens with zero attached hydrogens (tertiary/aromatic N) is 2. The fourth-order valence-corrected chi connectivity index (χ4v) is 3.77. The van der Waals surface area contributed by atoms with Crippen molar-refractivity contribution in [3.8, 4) is 11.4 Å². The van der Waals surface area contributed by atoms with E-state index in [0.29, 0.717) is 0 Å². The van der Waals surface area contributed by atoms with Crippen LogP contribution < -0.4 is 4.57 Å². The lowest BCUT2D eigenvalue weighted by Gasteiger charge is -2.10. The van der Waals surface area contributed by atoms with Crippen molar-refractivity contribution in [2.24, 2.45) is 7.05 Å².